The van der Waals surface area contributed by atoms with Crippen LogP contribution in [0.3, 0.4) is 0 Å². The molecule has 1 fully saturated rings. The minimum Gasteiger partial charge on any atom is -0.391 e. The Morgan fingerprint density at radius 2 is 2.00 bits per heavy atom. The first kappa shape index (κ1) is 19.2. The topological polar surface area (TPSA) is 47.9 Å². The highest BCUT2D eigenvalue weighted by molar-refractivity contribution is 14.0. The molecule has 0 aliphatic carbocycles. The van der Waals surface area contributed by atoms with Crippen LogP contribution < -0.4 is 5.32 Å². The molecule has 22 heavy (non-hydrogen) atoms. The molecule has 1 atom stereocenters. The molecule has 4 nitrogen and oxygen atoms in total. The number of rotatable bonds is 4. The molecule has 5 heteroatoms. The fraction of sp³-hybridized carbons (Fsp3) is 0.588. The van der Waals surface area contributed by atoms with E-state index in [1.54, 1.807) is 0 Å². The molecule has 0 unspecified atom stereocenters. The third kappa shape index (κ3) is 5.76. The van der Waals surface area contributed by atoms with Crippen LogP contribution in [0.2, 0.25) is 0 Å². The molecule has 1 aromatic rings. The smallest absolute Gasteiger partial charge is 0.194 e. The van der Waals surface area contributed by atoms with Crippen LogP contribution in [-0.2, 0) is 6.42 Å². The van der Waals surface area contributed by atoms with Gasteiger partial charge in [-0.2, -0.15) is 0 Å². The Morgan fingerprint density at radius 1 is 1.32 bits per heavy atom. The predicted octanol–water partition coefficient (Wildman–Crippen LogP) is 2.50. The molecule has 1 aliphatic heterocycles. The largest absolute Gasteiger partial charge is 0.391 e. The number of guanidine groups is 1. The highest BCUT2D eigenvalue weighted by Gasteiger charge is 2.22. The number of aliphatic imine (C=N–C) groups is 1. The summed E-state index contributed by atoms with van der Waals surface area (Å²) in [5.74, 6) is 0.929. The van der Waals surface area contributed by atoms with Gasteiger partial charge in [-0.3, -0.25) is 4.99 Å². The summed E-state index contributed by atoms with van der Waals surface area (Å²) in [4.78, 5) is 6.85. The Morgan fingerprint density at radius 3 is 2.55 bits per heavy atom. The molecule has 1 aromatic carbocycles. The van der Waals surface area contributed by atoms with Gasteiger partial charge in [0, 0.05) is 26.2 Å². The van der Waals surface area contributed by atoms with E-state index < -0.39 is 0 Å². The third-order valence-electron chi connectivity index (χ3n) is 3.74. The van der Waals surface area contributed by atoms with Gasteiger partial charge in [-0.05, 0) is 39.2 Å². The number of halogens is 1. The molecule has 0 radical (unpaired) electrons. The molecule has 2 N–H and O–H groups in total. The number of hydrogen-bond acceptors (Lipinski definition) is 2. The van der Waals surface area contributed by atoms with Crippen molar-refractivity contribution in [3.05, 3.63) is 34.9 Å². The van der Waals surface area contributed by atoms with Gasteiger partial charge in [0.15, 0.2) is 5.96 Å². The zero-order valence-electron chi connectivity index (χ0n) is 13.8. The van der Waals surface area contributed by atoms with Gasteiger partial charge in [0.2, 0.25) is 0 Å². The summed E-state index contributed by atoms with van der Waals surface area (Å²) >= 11 is 0. The number of benzene rings is 1. The van der Waals surface area contributed by atoms with Crippen molar-refractivity contribution in [1.82, 2.24) is 10.2 Å². The number of β-amino-alcohol motifs (C(OH)–C–C–N with tert-alkyl or cyclic N) is 1. The highest BCUT2D eigenvalue weighted by atomic mass is 127. The van der Waals surface area contributed by atoms with E-state index in [1.807, 2.05) is 0 Å². The van der Waals surface area contributed by atoms with Crippen LogP contribution in [0, 0.1) is 13.8 Å². The molecular weight excluding hydrogens is 389 g/mol. The minimum absolute atomic E-state index is 0. The Labute approximate surface area is 151 Å². The number of aliphatic hydroxyl groups excluding tert-OH is 1. The molecule has 0 spiro atoms. The van der Waals surface area contributed by atoms with Crippen LogP contribution >= 0.6 is 24.0 Å². The van der Waals surface area contributed by atoms with Crippen LogP contribution in [0.15, 0.2) is 23.2 Å². The van der Waals surface area contributed by atoms with Crippen LogP contribution in [0.1, 0.15) is 30.0 Å². The molecular formula is C17H28IN3O. The monoisotopic (exact) mass is 417 g/mol. The van der Waals surface area contributed by atoms with E-state index in [0.29, 0.717) is 6.54 Å². The van der Waals surface area contributed by atoms with Crippen molar-refractivity contribution in [2.24, 2.45) is 4.99 Å². The van der Waals surface area contributed by atoms with Gasteiger partial charge >= 0.3 is 0 Å². The predicted molar refractivity (Wildman–Crippen MR) is 103 cm³/mol. The van der Waals surface area contributed by atoms with Crippen molar-refractivity contribution in [3.8, 4) is 0 Å². The molecule has 1 aliphatic rings. The lowest BCUT2D eigenvalue weighted by atomic mass is 10.1. The van der Waals surface area contributed by atoms with Crippen molar-refractivity contribution in [3.63, 3.8) is 0 Å². The lowest BCUT2D eigenvalue weighted by Gasteiger charge is -2.20. The second-order valence-corrected chi connectivity index (χ2v) is 5.87. The maximum atomic E-state index is 9.66. The first-order valence-electron chi connectivity index (χ1n) is 7.87. The van der Waals surface area contributed by atoms with E-state index in [4.69, 9.17) is 4.99 Å². The van der Waals surface area contributed by atoms with Crippen molar-refractivity contribution in [2.75, 3.05) is 26.2 Å². The van der Waals surface area contributed by atoms with E-state index >= 15 is 0 Å². The first-order valence-corrected chi connectivity index (χ1v) is 7.87. The molecule has 2 rings (SSSR count). The number of nitrogens with one attached hydrogen (secondary N) is 1. The molecule has 0 bridgehead atoms. The van der Waals surface area contributed by atoms with Gasteiger partial charge in [-0.15, -0.1) is 24.0 Å². The Kier molecular flexibility index (Phi) is 8.17. The second-order valence-electron chi connectivity index (χ2n) is 5.87. The van der Waals surface area contributed by atoms with Crippen LogP contribution in [0.5, 0.6) is 0 Å². The van der Waals surface area contributed by atoms with Crippen molar-refractivity contribution >= 4 is 29.9 Å². The summed E-state index contributed by atoms with van der Waals surface area (Å²) in [7, 11) is 0. The van der Waals surface area contributed by atoms with Gasteiger partial charge in [0.05, 0.1) is 6.10 Å². The summed E-state index contributed by atoms with van der Waals surface area (Å²) in [6, 6.07) is 6.66. The SMILES string of the molecule is CCNC(=NCCc1cc(C)cc(C)c1)N1CC[C@@H](O)C1.I. The van der Waals surface area contributed by atoms with Crippen LogP contribution in [0.25, 0.3) is 0 Å². The zero-order chi connectivity index (χ0) is 15.2. The standard InChI is InChI=1S/C17H27N3O.HI/c1-4-18-17(20-8-6-16(21)12-20)19-7-5-15-10-13(2)9-14(3)11-15;/h9-11,16,21H,4-8,12H2,1-3H3,(H,18,19);1H/t16-;/m1./s1. The van der Waals surface area contributed by atoms with E-state index in [-0.39, 0.29) is 30.1 Å². The normalized spacial score (nSPS) is 18.3. The van der Waals surface area contributed by atoms with Crippen LogP contribution in [-0.4, -0.2) is 48.2 Å². The van der Waals surface area contributed by atoms with Crippen LogP contribution in [0.4, 0.5) is 0 Å². The van der Waals surface area contributed by atoms with E-state index in [0.717, 1.165) is 38.4 Å². The Hall–Kier alpha value is -0.820. The Bertz CT molecular complexity index is 484. The number of aliphatic hydroxyl groups is 1. The van der Waals surface area contributed by atoms with E-state index in [1.165, 1.54) is 16.7 Å². The lowest BCUT2D eigenvalue weighted by molar-refractivity contribution is 0.188. The summed E-state index contributed by atoms with van der Waals surface area (Å²) < 4.78 is 0. The average Bonchev–Trinajstić information content (AvgIpc) is 2.83. The van der Waals surface area contributed by atoms with Gasteiger partial charge in [0.1, 0.15) is 0 Å². The van der Waals surface area contributed by atoms with E-state index in [9.17, 15) is 5.11 Å². The van der Waals surface area contributed by atoms with Gasteiger partial charge in [-0.1, -0.05) is 29.3 Å². The van der Waals surface area contributed by atoms with Gasteiger partial charge in [-0.25, -0.2) is 0 Å². The van der Waals surface area contributed by atoms with E-state index in [2.05, 4.69) is 49.2 Å². The molecule has 124 valence electrons. The number of nitrogens with zero attached hydrogens (tertiary/aromatic N) is 2. The summed E-state index contributed by atoms with van der Waals surface area (Å²) in [6.45, 7) is 9.55. The molecule has 0 saturated carbocycles. The Balaban J connectivity index is 0.00000242. The molecule has 0 aromatic heterocycles. The van der Waals surface area contributed by atoms with Gasteiger partial charge < -0.3 is 15.3 Å². The molecule has 1 heterocycles. The number of hydrogen-bond donors (Lipinski definition) is 2. The molecule has 0 amide bonds. The summed E-state index contributed by atoms with van der Waals surface area (Å²) in [6.07, 6.45) is 1.57. The quantitative estimate of drug-likeness (QED) is 0.450. The maximum absolute atomic E-state index is 9.66. The summed E-state index contributed by atoms with van der Waals surface area (Å²) in [5.41, 5.74) is 3.96. The second kappa shape index (κ2) is 9.35. The van der Waals surface area contributed by atoms with Crippen molar-refractivity contribution < 1.29 is 5.11 Å². The number of aryl methyl sites for hydroxylation is 2. The fourth-order valence-electron chi connectivity index (χ4n) is 2.86. The van der Waals surface area contributed by atoms with Crippen molar-refractivity contribution in [2.45, 2.75) is 39.7 Å². The third-order valence-corrected chi connectivity index (χ3v) is 3.74. The van der Waals surface area contributed by atoms with Gasteiger partial charge in [0.25, 0.3) is 0 Å². The fourth-order valence-corrected chi connectivity index (χ4v) is 2.86. The lowest BCUT2D eigenvalue weighted by Crippen LogP contribution is -2.40. The molecule has 1 saturated heterocycles. The van der Waals surface area contributed by atoms with Crippen molar-refractivity contribution in [1.29, 1.82) is 0 Å². The zero-order valence-corrected chi connectivity index (χ0v) is 16.1. The highest BCUT2D eigenvalue weighted by Crippen LogP contribution is 2.11. The average molecular weight is 417 g/mol. The first-order chi connectivity index (χ1) is 10.1. The minimum atomic E-state index is -0.215. The summed E-state index contributed by atoms with van der Waals surface area (Å²) in [5, 5.41) is 13.0. The number of likely N-dealkylation sites (tertiary alicyclic amines) is 1. The maximum Gasteiger partial charge on any atom is 0.194 e.